The minimum Gasteiger partial charge on any atom is -0.347 e. The molecule has 0 radical (unpaired) electrons. The zero-order valence-corrected chi connectivity index (χ0v) is 14.3. The SMILES string of the molecule is Cn1ncc2c(C(=O)NCc3cccs3)cc(-c3cccnc3)nc21. The molecule has 7 heteroatoms. The van der Waals surface area contributed by atoms with Gasteiger partial charge in [-0.2, -0.15) is 5.10 Å². The Hall–Kier alpha value is -3.06. The largest absolute Gasteiger partial charge is 0.347 e. The van der Waals surface area contributed by atoms with Crippen LogP contribution in [0.2, 0.25) is 0 Å². The number of aryl methyl sites for hydroxylation is 1. The van der Waals surface area contributed by atoms with Gasteiger partial charge in [0, 0.05) is 29.9 Å². The number of amides is 1. The van der Waals surface area contributed by atoms with Gasteiger partial charge in [0.1, 0.15) is 0 Å². The Balaban J connectivity index is 1.75. The zero-order valence-electron chi connectivity index (χ0n) is 13.5. The molecular formula is C18H15N5OS. The molecule has 4 rings (SSSR count). The highest BCUT2D eigenvalue weighted by atomic mass is 32.1. The topological polar surface area (TPSA) is 72.7 Å². The molecule has 0 aliphatic heterocycles. The smallest absolute Gasteiger partial charge is 0.252 e. The summed E-state index contributed by atoms with van der Waals surface area (Å²) in [5, 5.41) is 9.95. The molecule has 4 aromatic rings. The predicted molar refractivity (Wildman–Crippen MR) is 97.2 cm³/mol. The molecule has 4 heterocycles. The number of fused-ring (bicyclic) bond motifs is 1. The van der Waals surface area contributed by atoms with Crippen molar-refractivity contribution in [3.8, 4) is 11.3 Å². The van der Waals surface area contributed by atoms with Gasteiger partial charge in [0.15, 0.2) is 5.65 Å². The molecule has 1 amide bonds. The Labute approximate surface area is 148 Å². The summed E-state index contributed by atoms with van der Waals surface area (Å²) < 4.78 is 1.67. The van der Waals surface area contributed by atoms with Crippen LogP contribution in [0.5, 0.6) is 0 Å². The number of rotatable bonds is 4. The van der Waals surface area contributed by atoms with Gasteiger partial charge in [-0.1, -0.05) is 6.07 Å². The Morgan fingerprint density at radius 2 is 2.20 bits per heavy atom. The summed E-state index contributed by atoms with van der Waals surface area (Å²) in [5.41, 5.74) is 2.79. The van der Waals surface area contributed by atoms with E-state index < -0.39 is 0 Å². The number of pyridine rings is 2. The maximum Gasteiger partial charge on any atom is 0.252 e. The molecule has 6 nitrogen and oxygen atoms in total. The first-order chi connectivity index (χ1) is 12.2. The fourth-order valence-corrected chi connectivity index (χ4v) is 3.28. The Morgan fingerprint density at radius 3 is 2.96 bits per heavy atom. The van der Waals surface area contributed by atoms with Gasteiger partial charge >= 0.3 is 0 Å². The Morgan fingerprint density at radius 1 is 1.28 bits per heavy atom. The summed E-state index contributed by atoms with van der Waals surface area (Å²) in [6, 6.07) is 9.54. The number of thiophene rings is 1. The first-order valence-electron chi connectivity index (χ1n) is 7.76. The maximum absolute atomic E-state index is 12.8. The quantitative estimate of drug-likeness (QED) is 0.615. The van der Waals surface area contributed by atoms with E-state index in [1.807, 2.05) is 36.7 Å². The number of carbonyl (C=O) groups is 1. The van der Waals surface area contributed by atoms with Gasteiger partial charge in [-0.3, -0.25) is 14.5 Å². The highest BCUT2D eigenvalue weighted by Crippen LogP contribution is 2.24. The lowest BCUT2D eigenvalue weighted by Gasteiger charge is -2.08. The number of carbonyl (C=O) groups excluding carboxylic acids is 1. The molecule has 0 aromatic carbocycles. The first-order valence-corrected chi connectivity index (χ1v) is 8.64. The van der Waals surface area contributed by atoms with Gasteiger partial charge in [-0.25, -0.2) is 4.98 Å². The highest BCUT2D eigenvalue weighted by molar-refractivity contribution is 7.09. The zero-order chi connectivity index (χ0) is 17.2. The highest BCUT2D eigenvalue weighted by Gasteiger charge is 2.16. The molecule has 1 N–H and O–H groups in total. The van der Waals surface area contributed by atoms with Crippen LogP contribution in [-0.4, -0.2) is 25.7 Å². The van der Waals surface area contributed by atoms with Crippen LogP contribution in [0, 0.1) is 0 Å². The van der Waals surface area contributed by atoms with Crippen LogP contribution in [0.15, 0.2) is 54.3 Å². The van der Waals surface area contributed by atoms with E-state index in [-0.39, 0.29) is 5.91 Å². The van der Waals surface area contributed by atoms with Gasteiger partial charge in [0.25, 0.3) is 5.91 Å². The van der Waals surface area contributed by atoms with Gasteiger partial charge in [0.2, 0.25) is 0 Å². The normalized spacial score (nSPS) is 10.9. The van der Waals surface area contributed by atoms with Crippen LogP contribution in [0.4, 0.5) is 0 Å². The fourth-order valence-electron chi connectivity index (χ4n) is 2.64. The van der Waals surface area contributed by atoms with Crippen molar-refractivity contribution in [2.24, 2.45) is 7.05 Å². The number of nitrogens with one attached hydrogen (secondary N) is 1. The van der Waals surface area contributed by atoms with Crippen molar-refractivity contribution in [3.05, 3.63) is 64.7 Å². The lowest BCUT2D eigenvalue weighted by Crippen LogP contribution is -2.22. The van der Waals surface area contributed by atoms with E-state index in [1.165, 1.54) is 0 Å². The number of hydrogen-bond acceptors (Lipinski definition) is 5. The summed E-state index contributed by atoms with van der Waals surface area (Å²) in [5.74, 6) is -0.140. The van der Waals surface area contributed by atoms with Crippen molar-refractivity contribution >= 4 is 28.3 Å². The molecular weight excluding hydrogens is 334 g/mol. The first kappa shape index (κ1) is 15.5. The third-order valence-electron chi connectivity index (χ3n) is 3.91. The summed E-state index contributed by atoms with van der Waals surface area (Å²) >= 11 is 1.62. The Bertz CT molecular complexity index is 1020. The van der Waals surface area contributed by atoms with Crippen molar-refractivity contribution < 1.29 is 4.79 Å². The van der Waals surface area contributed by atoms with Gasteiger partial charge in [0.05, 0.1) is 29.4 Å². The molecule has 4 aromatic heterocycles. The number of hydrogen-bond donors (Lipinski definition) is 1. The van der Waals surface area contributed by atoms with Crippen molar-refractivity contribution in [1.82, 2.24) is 25.1 Å². The molecule has 25 heavy (non-hydrogen) atoms. The fraction of sp³-hybridized carbons (Fsp3) is 0.111. The van der Waals surface area contributed by atoms with Crippen LogP contribution >= 0.6 is 11.3 Å². The van der Waals surface area contributed by atoms with E-state index in [4.69, 9.17) is 0 Å². The van der Waals surface area contributed by atoms with Crippen LogP contribution < -0.4 is 5.32 Å². The summed E-state index contributed by atoms with van der Waals surface area (Å²) in [4.78, 5) is 22.6. The summed E-state index contributed by atoms with van der Waals surface area (Å²) in [6.07, 6.45) is 5.12. The molecule has 0 aliphatic rings. The molecule has 0 bridgehead atoms. The summed E-state index contributed by atoms with van der Waals surface area (Å²) in [7, 11) is 1.82. The monoisotopic (exact) mass is 349 g/mol. The van der Waals surface area contributed by atoms with Crippen LogP contribution in [0.25, 0.3) is 22.3 Å². The number of aromatic nitrogens is 4. The molecule has 0 spiro atoms. The van der Waals surface area contributed by atoms with E-state index in [2.05, 4.69) is 20.4 Å². The molecule has 0 fully saturated rings. The van der Waals surface area contributed by atoms with Crippen molar-refractivity contribution in [2.75, 3.05) is 0 Å². The van der Waals surface area contributed by atoms with Crippen LogP contribution in [0.1, 0.15) is 15.2 Å². The van der Waals surface area contributed by atoms with Gasteiger partial charge in [-0.15, -0.1) is 11.3 Å². The molecule has 0 atom stereocenters. The average Bonchev–Trinajstić information content (AvgIpc) is 3.30. The van der Waals surface area contributed by atoms with E-state index in [9.17, 15) is 4.79 Å². The average molecular weight is 349 g/mol. The second-order valence-corrected chi connectivity index (χ2v) is 6.60. The van der Waals surface area contributed by atoms with Crippen LogP contribution in [-0.2, 0) is 13.6 Å². The Kier molecular flexibility index (Phi) is 3.99. The molecule has 0 aliphatic carbocycles. The van der Waals surface area contributed by atoms with Crippen molar-refractivity contribution in [1.29, 1.82) is 0 Å². The van der Waals surface area contributed by atoms with E-state index >= 15 is 0 Å². The third kappa shape index (κ3) is 3.01. The number of nitrogens with zero attached hydrogens (tertiary/aromatic N) is 4. The lowest BCUT2D eigenvalue weighted by molar-refractivity contribution is 0.0953. The van der Waals surface area contributed by atoms with Crippen molar-refractivity contribution in [2.45, 2.75) is 6.54 Å². The van der Waals surface area contributed by atoms with Crippen LogP contribution in [0.3, 0.4) is 0 Å². The maximum atomic E-state index is 12.8. The molecule has 0 saturated carbocycles. The van der Waals surface area contributed by atoms with E-state index in [0.717, 1.165) is 15.8 Å². The minimum atomic E-state index is -0.140. The van der Waals surface area contributed by atoms with E-state index in [1.54, 1.807) is 40.7 Å². The van der Waals surface area contributed by atoms with E-state index in [0.29, 0.717) is 23.4 Å². The molecule has 124 valence electrons. The minimum absolute atomic E-state index is 0.140. The van der Waals surface area contributed by atoms with Crippen molar-refractivity contribution in [3.63, 3.8) is 0 Å². The van der Waals surface area contributed by atoms with Gasteiger partial charge < -0.3 is 5.32 Å². The second kappa shape index (κ2) is 6.45. The molecule has 0 saturated heterocycles. The second-order valence-electron chi connectivity index (χ2n) is 5.56. The summed E-state index contributed by atoms with van der Waals surface area (Å²) in [6.45, 7) is 0.503. The standard InChI is InChI=1S/C18H15N5OS/c1-23-17-15(11-21-23)14(18(24)20-10-13-5-3-7-25-13)8-16(22-17)12-4-2-6-19-9-12/h2-9,11H,10H2,1H3,(H,20,24). The predicted octanol–water partition coefficient (Wildman–Crippen LogP) is 3.02. The third-order valence-corrected chi connectivity index (χ3v) is 4.79. The van der Waals surface area contributed by atoms with Gasteiger partial charge in [-0.05, 0) is 29.6 Å². The molecule has 0 unspecified atom stereocenters. The lowest BCUT2D eigenvalue weighted by atomic mass is 10.1.